The highest BCUT2D eigenvalue weighted by Crippen LogP contribution is 2.20. The number of nitrogens with one attached hydrogen (secondary N) is 2. The van der Waals surface area contributed by atoms with Gasteiger partial charge in [0.1, 0.15) is 5.82 Å². The lowest BCUT2D eigenvalue weighted by atomic mass is 10.1. The molecule has 3 rings (SSSR count). The first-order valence-electron chi connectivity index (χ1n) is 9.39. The predicted molar refractivity (Wildman–Crippen MR) is 112 cm³/mol. The molecule has 0 unspecified atom stereocenters. The minimum atomic E-state index is -0.155. The number of carbonyl (C=O) groups is 1. The summed E-state index contributed by atoms with van der Waals surface area (Å²) in [5.41, 5.74) is 2.45. The van der Waals surface area contributed by atoms with Gasteiger partial charge >= 0.3 is 0 Å². The van der Waals surface area contributed by atoms with Crippen molar-refractivity contribution in [2.24, 2.45) is 0 Å². The van der Waals surface area contributed by atoms with E-state index in [1.165, 1.54) is 5.69 Å². The minimum Gasteiger partial charge on any atom is -0.369 e. The van der Waals surface area contributed by atoms with E-state index >= 15 is 0 Å². The van der Waals surface area contributed by atoms with Gasteiger partial charge in [-0.05, 0) is 64.2 Å². The number of pyridine rings is 1. The van der Waals surface area contributed by atoms with Gasteiger partial charge in [-0.1, -0.05) is 0 Å². The summed E-state index contributed by atoms with van der Waals surface area (Å²) >= 11 is 0. The first-order chi connectivity index (χ1) is 12.8. The van der Waals surface area contributed by atoms with Crippen LogP contribution in [0.3, 0.4) is 0 Å². The topological polar surface area (TPSA) is 60.5 Å². The van der Waals surface area contributed by atoms with Crippen LogP contribution in [-0.2, 0) is 0 Å². The fourth-order valence-electron chi connectivity index (χ4n) is 3.01. The van der Waals surface area contributed by atoms with Gasteiger partial charge in [-0.3, -0.25) is 4.79 Å². The van der Waals surface area contributed by atoms with E-state index in [2.05, 4.69) is 65.4 Å². The molecule has 2 N–H and O–H groups in total. The summed E-state index contributed by atoms with van der Waals surface area (Å²) in [6, 6.07) is 11.7. The van der Waals surface area contributed by atoms with Crippen molar-refractivity contribution in [1.82, 2.24) is 9.88 Å². The summed E-state index contributed by atoms with van der Waals surface area (Å²) in [6.07, 6.45) is 1.60. The van der Waals surface area contributed by atoms with Gasteiger partial charge < -0.3 is 20.4 Å². The van der Waals surface area contributed by atoms with E-state index < -0.39 is 0 Å². The van der Waals surface area contributed by atoms with Crippen molar-refractivity contribution in [3.05, 3.63) is 48.2 Å². The lowest BCUT2D eigenvalue weighted by Gasteiger charge is -2.34. The number of amides is 1. The summed E-state index contributed by atoms with van der Waals surface area (Å²) in [6.45, 7) is 10.4. The van der Waals surface area contributed by atoms with Crippen LogP contribution in [0.15, 0.2) is 42.6 Å². The van der Waals surface area contributed by atoms with E-state index in [9.17, 15) is 4.79 Å². The Hall–Kier alpha value is -2.60. The number of rotatable bonds is 4. The summed E-state index contributed by atoms with van der Waals surface area (Å²) in [5, 5.41) is 6.22. The maximum absolute atomic E-state index is 12.4. The third-order valence-electron chi connectivity index (χ3n) is 4.52. The maximum atomic E-state index is 12.4. The molecule has 2 aromatic rings. The van der Waals surface area contributed by atoms with E-state index in [4.69, 9.17) is 0 Å². The van der Waals surface area contributed by atoms with Gasteiger partial charge in [0.05, 0.1) is 5.56 Å². The van der Waals surface area contributed by atoms with Crippen LogP contribution in [0.2, 0.25) is 0 Å². The molecule has 1 aromatic heterocycles. The highest BCUT2D eigenvalue weighted by molar-refractivity contribution is 6.04. The fourth-order valence-corrected chi connectivity index (χ4v) is 3.01. The molecule has 0 radical (unpaired) electrons. The molecule has 0 saturated carbocycles. The molecule has 1 fully saturated rings. The van der Waals surface area contributed by atoms with Crippen molar-refractivity contribution in [3.63, 3.8) is 0 Å². The average Bonchev–Trinajstić information content (AvgIpc) is 2.62. The van der Waals surface area contributed by atoms with Gasteiger partial charge in [0.25, 0.3) is 5.91 Å². The zero-order valence-corrected chi connectivity index (χ0v) is 16.6. The molecule has 6 nitrogen and oxygen atoms in total. The molecule has 0 spiro atoms. The highest BCUT2D eigenvalue weighted by Gasteiger charge is 2.15. The number of piperazine rings is 1. The SMILES string of the molecule is CN1CCN(c2ccc(NC(=O)c3ccc(NC(C)(C)C)nc3)cc2)CC1. The van der Waals surface area contributed by atoms with Crippen LogP contribution in [0.5, 0.6) is 0 Å². The molecule has 1 aromatic carbocycles. The fraction of sp³-hybridized carbons (Fsp3) is 0.429. The number of nitrogens with zero attached hydrogens (tertiary/aromatic N) is 3. The Morgan fingerprint density at radius 2 is 1.67 bits per heavy atom. The molecule has 0 aliphatic carbocycles. The van der Waals surface area contributed by atoms with Crippen LogP contribution in [0.25, 0.3) is 0 Å². The summed E-state index contributed by atoms with van der Waals surface area (Å²) in [7, 11) is 2.15. The summed E-state index contributed by atoms with van der Waals surface area (Å²) in [5.74, 6) is 0.604. The molecule has 1 aliphatic heterocycles. The molecule has 6 heteroatoms. The number of anilines is 3. The Bertz CT molecular complexity index is 757. The quantitative estimate of drug-likeness (QED) is 0.868. The first kappa shape index (κ1) is 19.2. The van der Waals surface area contributed by atoms with E-state index in [1.807, 2.05) is 18.2 Å². The largest absolute Gasteiger partial charge is 0.369 e. The van der Waals surface area contributed by atoms with Gasteiger partial charge in [0, 0.05) is 49.3 Å². The van der Waals surface area contributed by atoms with Crippen molar-refractivity contribution >= 4 is 23.1 Å². The smallest absolute Gasteiger partial charge is 0.257 e. The highest BCUT2D eigenvalue weighted by atomic mass is 16.1. The lowest BCUT2D eigenvalue weighted by molar-refractivity contribution is 0.102. The van der Waals surface area contributed by atoms with Crippen LogP contribution in [0, 0.1) is 0 Å². The van der Waals surface area contributed by atoms with Gasteiger partial charge in [-0.2, -0.15) is 0 Å². The Balaban J connectivity index is 1.59. The second kappa shape index (κ2) is 7.96. The Morgan fingerprint density at radius 3 is 2.22 bits per heavy atom. The average molecular weight is 367 g/mol. The third-order valence-corrected chi connectivity index (χ3v) is 4.52. The molecular formula is C21H29N5O. The number of benzene rings is 1. The van der Waals surface area contributed by atoms with E-state index in [0.29, 0.717) is 5.56 Å². The Labute approximate surface area is 161 Å². The normalized spacial score (nSPS) is 15.5. The van der Waals surface area contributed by atoms with Crippen LogP contribution in [0.1, 0.15) is 31.1 Å². The standard InChI is InChI=1S/C21H29N5O/c1-21(2,3)24-19-10-5-16(15-22-19)20(27)23-17-6-8-18(9-7-17)26-13-11-25(4)12-14-26/h5-10,15H,11-14H2,1-4H3,(H,22,24)(H,23,27). The van der Waals surface area contributed by atoms with E-state index in [-0.39, 0.29) is 11.4 Å². The predicted octanol–water partition coefficient (Wildman–Crippen LogP) is 3.30. The van der Waals surface area contributed by atoms with Crippen molar-refractivity contribution in [2.45, 2.75) is 26.3 Å². The van der Waals surface area contributed by atoms with Crippen molar-refractivity contribution in [1.29, 1.82) is 0 Å². The zero-order chi connectivity index (χ0) is 19.4. The van der Waals surface area contributed by atoms with Crippen LogP contribution in [0.4, 0.5) is 17.2 Å². The summed E-state index contributed by atoms with van der Waals surface area (Å²) in [4.78, 5) is 21.5. The van der Waals surface area contributed by atoms with Gasteiger partial charge in [0.15, 0.2) is 0 Å². The first-order valence-corrected chi connectivity index (χ1v) is 9.39. The molecular weight excluding hydrogens is 338 g/mol. The van der Waals surface area contributed by atoms with E-state index in [1.54, 1.807) is 12.3 Å². The van der Waals surface area contributed by atoms with Crippen molar-refractivity contribution < 1.29 is 4.79 Å². The second-order valence-electron chi connectivity index (χ2n) is 8.10. The molecule has 1 aliphatic rings. The van der Waals surface area contributed by atoms with Gasteiger partial charge in [-0.15, -0.1) is 0 Å². The van der Waals surface area contributed by atoms with Gasteiger partial charge in [-0.25, -0.2) is 4.98 Å². The third kappa shape index (κ3) is 5.44. The van der Waals surface area contributed by atoms with E-state index in [0.717, 1.165) is 37.7 Å². The second-order valence-corrected chi connectivity index (χ2v) is 8.10. The number of hydrogen-bond acceptors (Lipinski definition) is 5. The number of carbonyl (C=O) groups excluding carboxylic acids is 1. The Kier molecular flexibility index (Phi) is 5.65. The van der Waals surface area contributed by atoms with Crippen molar-refractivity contribution in [3.8, 4) is 0 Å². The molecule has 0 atom stereocenters. The monoisotopic (exact) mass is 367 g/mol. The maximum Gasteiger partial charge on any atom is 0.257 e. The van der Waals surface area contributed by atoms with Crippen molar-refractivity contribution in [2.75, 3.05) is 48.8 Å². The zero-order valence-electron chi connectivity index (χ0n) is 16.6. The molecule has 27 heavy (non-hydrogen) atoms. The Morgan fingerprint density at radius 1 is 1.00 bits per heavy atom. The molecule has 144 valence electrons. The minimum absolute atomic E-state index is 0.0672. The van der Waals surface area contributed by atoms with Crippen LogP contribution in [-0.4, -0.2) is 54.6 Å². The molecule has 1 amide bonds. The number of hydrogen-bond donors (Lipinski definition) is 2. The lowest BCUT2D eigenvalue weighted by Crippen LogP contribution is -2.44. The molecule has 2 heterocycles. The van der Waals surface area contributed by atoms with Gasteiger partial charge in [0.2, 0.25) is 0 Å². The number of aromatic nitrogens is 1. The summed E-state index contributed by atoms with van der Waals surface area (Å²) < 4.78 is 0. The number of likely N-dealkylation sites (N-methyl/N-ethyl adjacent to an activating group) is 1. The van der Waals surface area contributed by atoms with Crippen LogP contribution < -0.4 is 15.5 Å². The molecule has 1 saturated heterocycles. The van der Waals surface area contributed by atoms with Crippen LogP contribution >= 0.6 is 0 Å². The molecule has 0 bridgehead atoms.